The molecule has 4 atom stereocenters. The Balaban J connectivity index is 1.43. The summed E-state index contributed by atoms with van der Waals surface area (Å²) in [7, 11) is 0. The molecule has 2 aliphatic rings. The number of aliphatic hydroxyl groups is 1. The van der Waals surface area contributed by atoms with Gasteiger partial charge >= 0.3 is 0 Å². The number of pyridine rings is 1. The van der Waals surface area contributed by atoms with Gasteiger partial charge in [0.25, 0.3) is 0 Å². The molecular weight excluding hydrogens is 440 g/mol. The molecule has 4 rings (SSSR count). The standard InChI is InChI=1S/C21H22N2O4S3/c1-28-15-3-2-9-22(12-15)11-13-4-6-14(7-5-13)29-21-17(20(26)27)23-18(25)16(8-10-24)19(23)30-21/h2-7,9,12,16-17,19,21,24H,8,10-11H2,1H3/t16-,17?,19?,21?/m0/s1. The highest BCUT2D eigenvalue weighted by Gasteiger charge is 2.58. The van der Waals surface area contributed by atoms with E-state index in [9.17, 15) is 14.7 Å². The molecule has 3 unspecified atom stereocenters. The fourth-order valence-electron chi connectivity index (χ4n) is 3.81. The van der Waals surface area contributed by atoms with E-state index < -0.39 is 12.0 Å². The van der Waals surface area contributed by atoms with Gasteiger partial charge in [0.15, 0.2) is 18.9 Å². The number of β-lactam (4-membered cyclic amide) rings is 1. The number of carbonyl (C=O) groups excluding carboxylic acids is 2. The summed E-state index contributed by atoms with van der Waals surface area (Å²) in [5.74, 6) is -1.72. The zero-order chi connectivity index (χ0) is 21.3. The van der Waals surface area contributed by atoms with Crippen LogP contribution in [0.1, 0.15) is 12.0 Å². The highest BCUT2D eigenvalue weighted by Crippen LogP contribution is 2.53. The molecule has 30 heavy (non-hydrogen) atoms. The Hall–Kier alpha value is -1.68. The van der Waals surface area contributed by atoms with E-state index in [2.05, 4.69) is 23.1 Å². The van der Waals surface area contributed by atoms with Crippen LogP contribution >= 0.6 is 35.3 Å². The van der Waals surface area contributed by atoms with Crippen molar-refractivity contribution in [2.24, 2.45) is 5.92 Å². The number of aliphatic hydroxyl groups excluding tert-OH is 1. The fraction of sp³-hybridized carbons (Fsp3) is 0.381. The van der Waals surface area contributed by atoms with Crippen LogP contribution in [0.15, 0.2) is 58.6 Å². The number of thioether (sulfide) groups is 3. The maximum atomic E-state index is 12.3. The Kier molecular flexibility index (Phi) is 6.62. The summed E-state index contributed by atoms with van der Waals surface area (Å²) >= 11 is 4.64. The van der Waals surface area contributed by atoms with Crippen molar-refractivity contribution in [1.82, 2.24) is 4.90 Å². The van der Waals surface area contributed by atoms with Crippen molar-refractivity contribution in [3.63, 3.8) is 0 Å². The van der Waals surface area contributed by atoms with E-state index in [0.29, 0.717) is 6.42 Å². The number of carbonyl (C=O) groups is 2. The second kappa shape index (κ2) is 9.21. The van der Waals surface area contributed by atoms with Gasteiger partial charge in [0.2, 0.25) is 5.91 Å². The molecule has 2 aromatic rings. The van der Waals surface area contributed by atoms with E-state index in [-0.39, 0.29) is 28.4 Å². The number of aromatic nitrogens is 1. The largest absolute Gasteiger partial charge is 0.548 e. The third-order valence-electron chi connectivity index (χ3n) is 5.31. The van der Waals surface area contributed by atoms with Crippen LogP contribution in [0.2, 0.25) is 0 Å². The molecule has 158 valence electrons. The molecule has 2 saturated heterocycles. The number of amides is 1. The first-order valence-corrected chi connectivity index (χ1v) is 12.6. The lowest BCUT2D eigenvalue weighted by Crippen LogP contribution is -2.63. The first-order valence-electron chi connectivity index (χ1n) is 9.60. The smallest absolute Gasteiger partial charge is 0.230 e. The van der Waals surface area contributed by atoms with Gasteiger partial charge in [0.1, 0.15) is 0 Å². The third-order valence-corrected chi connectivity index (χ3v) is 9.04. The van der Waals surface area contributed by atoms with Crippen molar-refractivity contribution < 1.29 is 24.4 Å². The van der Waals surface area contributed by atoms with Crippen molar-refractivity contribution in [2.75, 3.05) is 12.9 Å². The minimum Gasteiger partial charge on any atom is -0.548 e. The second-order valence-corrected chi connectivity index (χ2v) is 10.9. The quantitative estimate of drug-likeness (QED) is 0.358. The van der Waals surface area contributed by atoms with Gasteiger partial charge in [-0.2, -0.15) is 4.57 Å². The molecule has 3 heterocycles. The first kappa shape index (κ1) is 21.5. The Labute approximate surface area is 188 Å². The molecule has 9 heteroatoms. The molecule has 1 aromatic carbocycles. The van der Waals surface area contributed by atoms with Crippen LogP contribution in [-0.4, -0.2) is 50.7 Å². The minimum atomic E-state index is -1.22. The van der Waals surface area contributed by atoms with E-state index in [1.807, 2.05) is 36.5 Å². The van der Waals surface area contributed by atoms with Crippen LogP contribution < -0.4 is 9.67 Å². The highest BCUT2D eigenvalue weighted by atomic mass is 32.2. The number of nitrogens with zero attached hydrogens (tertiary/aromatic N) is 2. The van der Waals surface area contributed by atoms with Crippen LogP contribution in [0, 0.1) is 5.92 Å². The number of aliphatic carboxylic acids is 1. The van der Waals surface area contributed by atoms with Crippen molar-refractivity contribution in [1.29, 1.82) is 0 Å². The summed E-state index contributed by atoms with van der Waals surface area (Å²) in [5, 5.41) is 20.7. The number of fused-ring (bicyclic) bond motifs is 1. The molecule has 1 N–H and O–H groups in total. The monoisotopic (exact) mass is 462 g/mol. The minimum absolute atomic E-state index is 0.0750. The molecule has 0 bridgehead atoms. The lowest BCUT2D eigenvalue weighted by molar-refractivity contribution is -0.690. The van der Waals surface area contributed by atoms with Gasteiger partial charge in [-0.25, -0.2) is 0 Å². The average molecular weight is 463 g/mol. The lowest BCUT2D eigenvalue weighted by Gasteiger charge is -2.44. The first-order chi connectivity index (χ1) is 14.5. The lowest BCUT2D eigenvalue weighted by atomic mass is 9.93. The van der Waals surface area contributed by atoms with Crippen LogP contribution in [0.25, 0.3) is 0 Å². The van der Waals surface area contributed by atoms with Crippen LogP contribution in [-0.2, 0) is 16.1 Å². The van der Waals surface area contributed by atoms with Gasteiger partial charge in [-0.1, -0.05) is 12.1 Å². The summed E-state index contributed by atoms with van der Waals surface area (Å²) in [4.78, 5) is 27.6. The third kappa shape index (κ3) is 4.21. The number of hydrogen-bond donors (Lipinski definition) is 1. The van der Waals surface area contributed by atoms with Crippen molar-refractivity contribution >= 4 is 47.2 Å². The predicted octanol–water partition coefficient (Wildman–Crippen LogP) is 1.19. The fourth-order valence-corrected chi connectivity index (χ4v) is 7.57. The maximum absolute atomic E-state index is 12.3. The van der Waals surface area contributed by atoms with Crippen molar-refractivity contribution in [2.45, 2.75) is 38.8 Å². The molecule has 2 fully saturated rings. The van der Waals surface area contributed by atoms with E-state index in [4.69, 9.17) is 5.11 Å². The molecule has 6 nitrogen and oxygen atoms in total. The van der Waals surface area contributed by atoms with E-state index in [1.165, 1.54) is 33.3 Å². The zero-order valence-electron chi connectivity index (χ0n) is 16.3. The van der Waals surface area contributed by atoms with Crippen LogP contribution in [0.4, 0.5) is 0 Å². The zero-order valence-corrected chi connectivity index (χ0v) is 18.8. The molecule has 2 aliphatic heterocycles. The highest BCUT2D eigenvalue weighted by molar-refractivity contribution is 8.17. The number of hydrogen-bond acceptors (Lipinski definition) is 7. The second-order valence-electron chi connectivity index (χ2n) is 7.20. The summed E-state index contributed by atoms with van der Waals surface area (Å²) in [5.41, 5.74) is 1.15. The molecule has 0 radical (unpaired) electrons. The van der Waals surface area contributed by atoms with Crippen molar-refractivity contribution in [3.05, 3.63) is 54.4 Å². The van der Waals surface area contributed by atoms with E-state index in [0.717, 1.165) is 17.0 Å². The van der Waals surface area contributed by atoms with Gasteiger partial charge in [-0.15, -0.1) is 35.3 Å². The van der Waals surface area contributed by atoms with Gasteiger partial charge in [-0.05, 0) is 30.9 Å². The molecular formula is C21H22N2O4S3. The van der Waals surface area contributed by atoms with Crippen LogP contribution in [0.3, 0.4) is 0 Å². The molecule has 1 aromatic heterocycles. The molecule has 0 spiro atoms. The summed E-state index contributed by atoms with van der Waals surface area (Å²) < 4.78 is 1.80. The molecule has 1 amide bonds. The van der Waals surface area contributed by atoms with Crippen LogP contribution in [0.5, 0.6) is 0 Å². The Morgan fingerprint density at radius 2 is 2.03 bits per heavy atom. The Morgan fingerprint density at radius 1 is 1.27 bits per heavy atom. The van der Waals surface area contributed by atoms with Gasteiger partial charge in [0, 0.05) is 23.1 Å². The topological polar surface area (TPSA) is 84.5 Å². The van der Waals surface area contributed by atoms with E-state index >= 15 is 0 Å². The predicted molar refractivity (Wildman–Crippen MR) is 116 cm³/mol. The summed E-state index contributed by atoms with van der Waals surface area (Å²) in [6.07, 6.45) is 6.56. The number of rotatable bonds is 8. The molecule has 0 aliphatic carbocycles. The van der Waals surface area contributed by atoms with Gasteiger partial charge in [-0.3, -0.25) is 4.79 Å². The van der Waals surface area contributed by atoms with E-state index in [1.54, 1.807) is 11.8 Å². The number of carboxylic acid groups (broad SMARTS) is 1. The Morgan fingerprint density at radius 3 is 2.70 bits per heavy atom. The van der Waals surface area contributed by atoms with Gasteiger partial charge in [0.05, 0.1) is 32.8 Å². The summed E-state index contributed by atoms with van der Waals surface area (Å²) in [6, 6.07) is 11.2. The average Bonchev–Trinajstić information content (AvgIpc) is 3.08. The normalized spacial score (nSPS) is 25.1. The van der Waals surface area contributed by atoms with Gasteiger partial charge < -0.3 is 19.9 Å². The summed E-state index contributed by atoms with van der Waals surface area (Å²) in [6.45, 7) is 0.681. The number of carboxylic acids is 1. The SMILES string of the molecule is CSc1ccc[n+](Cc2ccc(SC3SC4[C@@H](CCO)C(=O)N4C3C(=O)[O-])cc2)c1. The maximum Gasteiger partial charge on any atom is 0.230 e. The Bertz CT molecular complexity index is 940. The number of benzene rings is 1. The molecule has 0 saturated carbocycles. The van der Waals surface area contributed by atoms with Crippen molar-refractivity contribution in [3.8, 4) is 0 Å².